The number of carbonyl (C=O) groups is 4. The van der Waals surface area contributed by atoms with Crippen molar-refractivity contribution >= 4 is 23.8 Å². The molecule has 3 atom stereocenters. The van der Waals surface area contributed by atoms with Gasteiger partial charge in [0.2, 0.25) is 11.8 Å². The van der Waals surface area contributed by atoms with Crippen molar-refractivity contribution in [3.05, 3.63) is 35.6 Å². The fourth-order valence-corrected chi connectivity index (χ4v) is 2.62. The number of carbonyl (C=O) groups excluding carboxylic acids is 4. The highest BCUT2D eigenvalue weighted by molar-refractivity contribution is 5.90. The molecule has 2 N–H and O–H groups in total. The van der Waals surface area contributed by atoms with E-state index >= 15 is 0 Å². The molecule has 0 aliphatic carbocycles. The zero-order valence-corrected chi connectivity index (χ0v) is 16.3. The highest BCUT2D eigenvalue weighted by Gasteiger charge is 2.30. The Kier molecular flexibility index (Phi) is 9.07. The summed E-state index contributed by atoms with van der Waals surface area (Å²) in [6.45, 7) is 2.76. The SMILES string of the molecule is COC(=O)[C@@H](C)C[C@@H](NC(=O)[C@@H](Cc1ccccc1F)NC(C)=O)C(=O)OC. The van der Waals surface area contributed by atoms with Gasteiger partial charge < -0.3 is 20.1 Å². The third kappa shape index (κ3) is 6.98. The van der Waals surface area contributed by atoms with Crippen LogP contribution in [0.3, 0.4) is 0 Å². The fourth-order valence-electron chi connectivity index (χ4n) is 2.62. The van der Waals surface area contributed by atoms with E-state index in [4.69, 9.17) is 0 Å². The lowest BCUT2D eigenvalue weighted by Gasteiger charge is -2.23. The fraction of sp³-hybridized carbons (Fsp3) is 0.474. The average Bonchev–Trinajstić information content (AvgIpc) is 2.66. The molecule has 154 valence electrons. The number of rotatable bonds is 9. The number of benzene rings is 1. The number of hydrogen-bond acceptors (Lipinski definition) is 6. The van der Waals surface area contributed by atoms with E-state index in [0.717, 1.165) is 7.11 Å². The van der Waals surface area contributed by atoms with Gasteiger partial charge in [-0.2, -0.15) is 0 Å². The second-order valence-electron chi connectivity index (χ2n) is 6.29. The Labute approximate surface area is 162 Å². The van der Waals surface area contributed by atoms with E-state index in [1.54, 1.807) is 13.0 Å². The maximum absolute atomic E-state index is 13.9. The molecule has 9 heteroatoms. The summed E-state index contributed by atoms with van der Waals surface area (Å²) >= 11 is 0. The molecule has 28 heavy (non-hydrogen) atoms. The molecule has 0 saturated carbocycles. The molecule has 1 aromatic rings. The second-order valence-corrected chi connectivity index (χ2v) is 6.29. The highest BCUT2D eigenvalue weighted by atomic mass is 19.1. The third-order valence-electron chi connectivity index (χ3n) is 4.07. The summed E-state index contributed by atoms with van der Waals surface area (Å²) in [5.74, 6) is -3.70. The van der Waals surface area contributed by atoms with E-state index in [-0.39, 0.29) is 18.4 Å². The summed E-state index contributed by atoms with van der Waals surface area (Å²) in [6.07, 6.45) is -0.171. The standard InChI is InChI=1S/C19H25FN2O6/c1-11(18(25)27-3)9-16(19(26)28-4)22-17(24)15(21-12(2)23)10-13-7-5-6-8-14(13)20/h5-8,11,15-16H,9-10H2,1-4H3,(H,21,23)(H,22,24)/t11-,15+,16+/m0/s1. The van der Waals surface area contributed by atoms with Gasteiger partial charge in [0, 0.05) is 13.3 Å². The van der Waals surface area contributed by atoms with Gasteiger partial charge in [-0.1, -0.05) is 25.1 Å². The number of esters is 2. The minimum atomic E-state index is -1.14. The summed E-state index contributed by atoms with van der Waals surface area (Å²) in [5.41, 5.74) is 0.231. The molecule has 0 bridgehead atoms. The Hall–Kier alpha value is -2.97. The lowest BCUT2D eigenvalue weighted by Crippen LogP contribution is -2.53. The Balaban J connectivity index is 2.97. The van der Waals surface area contributed by atoms with Crippen LogP contribution >= 0.6 is 0 Å². The van der Waals surface area contributed by atoms with Crippen molar-refractivity contribution in [3.63, 3.8) is 0 Å². The Morgan fingerprint density at radius 1 is 1.00 bits per heavy atom. The van der Waals surface area contributed by atoms with Gasteiger partial charge in [-0.15, -0.1) is 0 Å². The van der Waals surface area contributed by atoms with Gasteiger partial charge in [-0.3, -0.25) is 14.4 Å². The van der Waals surface area contributed by atoms with E-state index in [2.05, 4.69) is 20.1 Å². The van der Waals surface area contributed by atoms with Crippen LogP contribution in [-0.4, -0.2) is 50.1 Å². The number of halogens is 1. The van der Waals surface area contributed by atoms with E-state index in [1.807, 2.05) is 0 Å². The van der Waals surface area contributed by atoms with Crippen LogP contribution in [0.25, 0.3) is 0 Å². The van der Waals surface area contributed by atoms with Gasteiger partial charge in [0.15, 0.2) is 0 Å². The molecule has 0 saturated heterocycles. The van der Waals surface area contributed by atoms with Crippen LogP contribution in [-0.2, 0) is 35.1 Å². The number of amides is 2. The predicted molar refractivity (Wildman–Crippen MR) is 97.5 cm³/mol. The van der Waals surface area contributed by atoms with E-state index in [0.29, 0.717) is 0 Å². The third-order valence-corrected chi connectivity index (χ3v) is 4.07. The number of methoxy groups -OCH3 is 2. The molecule has 0 fully saturated rings. The molecule has 1 aromatic carbocycles. The Morgan fingerprint density at radius 3 is 2.14 bits per heavy atom. The first-order valence-corrected chi connectivity index (χ1v) is 8.66. The Bertz CT molecular complexity index is 724. The topological polar surface area (TPSA) is 111 Å². The summed E-state index contributed by atoms with van der Waals surface area (Å²) < 4.78 is 23.2. The quantitative estimate of drug-likeness (QED) is 0.596. The smallest absolute Gasteiger partial charge is 0.328 e. The Morgan fingerprint density at radius 2 is 1.61 bits per heavy atom. The van der Waals surface area contributed by atoms with Crippen LogP contribution in [0.4, 0.5) is 4.39 Å². The maximum Gasteiger partial charge on any atom is 0.328 e. The molecule has 0 aliphatic rings. The van der Waals surface area contributed by atoms with Crippen molar-refractivity contribution in [1.29, 1.82) is 0 Å². The van der Waals surface area contributed by atoms with Crippen molar-refractivity contribution in [1.82, 2.24) is 10.6 Å². The monoisotopic (exact) mass is 396 g/mol. The van der Waals surface area contributed by atoms with Crippen molar-refractivity contribution < 1.29 is 33.0 Å². The highest BCUT2D eigenvalue weighted by Crippen LogP contribution is 2.12. The first kappa shape index (κ1) is 23.1. The second kappa shape index (κ2) is 11.0. The van der Waals surface area contributed by atoms with Crippen molar-refractivity contribution in [2.75, 3.05) is 14.2 Å². The average molecular weight is 396 g/mol. The molecular weight excluding hydrogens is 371 g/mol. The van der Waals surface area contributed by atoms with Crippen molar-refractivity contribution in [2.45, 2.75) is 38.8 Å². The van der Waals surface area contributed by atoms with Crippen LogP contribution < -0.4 is 10.6 Å². The van der Waals surface area contributed by atoms with Gasteiger partial charge in [-0.05, 0) is 18.1 Å². The van der Waals surface area contributed by atoms with Gasteiger partial charge in [-0.25, -0.2) is 9.18 Å². The minimum absolute atomic E-state index is 0.0580. The van der Waals surface area contributed by atoms with Gasteiger partial charge >= 0.3 is 11.9 Å². The van der Waals surface area contributed by atoms with Gasteiger partial charge in [0.25, 0.3) is 0 Å². The first-order chi connectivity index (χ1) is 13.2. The number of ether oxygens (including phenoxy) is 2. The predicted octanol–water partition coefficient (Wildman–Crippen LogP) is 0.730. The summed E-state index contributed by atoms with van der Waals surface area (Å²) in [4.78, 5) is 47.8. The minimum Gasteiger partial charge on any atom is -0.469 e. The van der Waals surface area contributed by atoms with Crippen LogP contribution in [0.5, 0.6) is 0 Å². The number of hydrogen-bond donors (Lipinski definition) is 2. The molecule has 0 unspecified atom stereocenters. The molecule has 0 aliphatic heterocycles. The zero-order chi connectivity index (χ0) is 21.3. The van der Waals surface area contributed by atoms with Gasteiger partial charge in [0.05, 0.1) is 20.1 Å². The summed E-state index contributed by atoms with van der Waals surface area (Å²) in [5, 5.41) is 4.91. The maximum atomic E-state index is 13.9. The first-order valence-electron chi connectivity index (χ1n) is 8.66. The molecule has 0 spiro atoms. The van der Waals surface area contributed by atoms with Crippen LogP contribution in [0.2, 0.25) is 0 Å². The zero-order valence-electron chi connectivity index (χ0n) is 16.3. The molecule has 2 amide bonds. The van der Waals surface area contributed by atoms with Crippen molar-refractivity contribution in [2.24, 2.45) is 5.92 Å². The molecule has 0 radical (unpaired) electrons. The molecule has 1 rings (SSSR count). The largest absolute Gasteiger partial charge is 0.469 e. The molecule has 0 heterocycles. The van der Waals surface area contributed by atoms with Crippen LogP contribution in [0.1, 0.15) is 25.8 Å². The van der Waals surface area contributed by atoms with Gasteiger partial charge in [0.1, 0.15) is 17.9 Å². The van der Waals surface area contributed by atoms with E-state index < -0.39 is 47.6 Å². The molecule has 8 nitrogen and oxygen atoms in total. The lowest BCUT2D eigenvalue weighted by molar-refractivity contribution is -0.149. The van der Waals surface area contributed by atoms with Crippen LogP contribution in [0.15, 0.2) is 24.3 Å². The summed E-state index contributed by atoms with van der Waals surface area (Å²) in [7, 11) is 2.36. The van der Waals surface area contributed by atoms with E-state index in [9.17, 15) is 23.6 Å². The summed E-state index contributed by atoms with van der Waals surface area (Å²) in [6, 6.07) is 3.60. The normalized spacial score (nSPS) is 13.6. The lowest BCUT2D eigenvalue weighted by atomic mass is 10.00. The molecule has 0 aromatic heterocycles. The number of nitrogens with one attached hydrogen (secondary N) is 2. The van der Waals surface area contributed by atoms with Crippen LogP contribution in [0, 0.1) is 11.7 Å². The van der Waals surface area contributed by atoms with E-state index in [1.165, 1.54) is 32.2 Å². The molecular formula is C19H25FN2O6. The van der Waals surface area contributed by atoms with Crippen molar-refractivity contribution in [3.8, 4) is 0 Å².